The lowest BCUT2D eigenvalue weighted by atomic mass is 10.3. The van der Waals surface area contributed by atoms with E-state index < -0.39 is 27.8 Å². The lowest BCUT2D eigenvalue weighted by molar-refractivity contribution is -0.128. The van der Waals surface area contributed by atoms with Gasteiger partial charge in [-0.05, 0) is 31.5 Å². The van der Waals surface area contributed by atoms with E-state index in [1.54, 1.807) is 27.1 Å². The number of rotatable bonds is 7. The average Bonchev–Trinajstić information content (AvgIpc) is 2.45. The number of hydrogen-bond donors (Lipinski definition) is 1. The van der Waals surface area contributed by atoms with E-state index >= 15 is 0 Å². The molecule has 7 heteroatoms. The number of carbonyl (C=O) groups is 2. The van der Waals surface area contributed by atoms with Crippen LogP contribution in [-0.4, -0.2) is 46.0 Å². The second kappa shape index (κ2) is 8.63. The molecule has 0 aliphatic heterocycles. The largest absolute Gasteiger partial charge is 0.349 e. The number of amides is 2. The number of nitrogens with one attached hydrogen (secondary N) is 1. The minimum atomic E-state index is -1.38. The van der Waals surface area contributed by atoms with Gasteiger partial charge in [0.2, 0.25) is 11.8 Å². The third-order valence-corrected chi connectivity index (χ3v) is 4.78. The lowest BCUT2D eigenvalue weighted by Crippen LogP contribution is -2.30. The zero-order valence-electron chi connectivity index (χ0n) is 13.0. The van der Waals surface area contributed by atoms with E-state index in [1.807, 2.05) is 0 Å². The van der Waals surface area contributed by atoms with Gasteiger partial charge in [0.25, 0.3) is 0 Å². The fourth-order valence-electron chi connectivity index (χ4n) is 1.70. The van der Waals surface area contributed by atoms with Gasteiger partial charge in [0.05, 0.1) is 0 Å². The molecular weight excluding hydrogens is 307 g/mol. The van der Waals surface area contributed by atoms with Crippen molar-refractivity contribution in [1.82, 2.24) is 4.90 Å². The van der Waals surface area contributed by atoms with Gasteiger partial charge >= 0.3 is 0 Å². The van der Waals surface area contributed by atoms with Crippen molar-refractivity contribution in [2.75, 3.05) is 25.2 Å². The second-order valence-electron chi connectivity index (χ2n) is 5.12. The van der Waals surface area contributed by atoms with Gasteiger partial charge in [-0.3, -0.25) is 13.8 Å². The third kappa shape index (κ3) is 5.93. The van der Waals surface area contributed by atoms with Crippen LogP contribution in [-0.2, 0) is 20.4 Å². The Kier molecular flexibility index (Phi) is 7.17. The molecule has 0 aliphatic rings. The van der Waals surface area contributed by atoms with Crippen molar-refractivity contribution in [2.45, 2.75) is 25.0 Å². The zero-order chi connectivity index (χ0) is 16.7. The summed E-state index contributed by atoms with van der Waals surface area (Å²) >= 11 is 0. The molecule has 0 fully saturated rings. The van der Waals surface area contributed by atoms with E-state index in [1.165, 1.54) is 23.1 Å². The van der Waals surface area contributed by atoms with Gasteiger partial charge in [0.15, 0.2) is 0 Å². The summed E-state index contributed by atoms with van der Waals surface area (Å²) in [5.41, 5.74) is 0.330. The number of halogens is 1. The summed E-state index contributed by atoms with van der Waals surface area (Å²) in [5, 5.41) is 1.81. The highest BCUT2D eigenvalue weighted by Gasteiger charge is 2.20. The van der Waals surface area contributed by atoms with Crippen LogP contribution in [0.4, 0.5) is 10.1 Å². The van der Waals surface area contributed by atoms with Gasteiger partial charge in [-0.2, -0.15) is 0 Å². The Morgan fingerprint density at radius 3 is 2.64 bits per heavy atom. The van der Waals surface area contributed by atoms with Crippen molar-refractivity contribution < 1.29 is 18.2 Å². The summed E-state index contributed by atoms with van der Waals surface area (Å²) in [7, 11) is 1.94. The van der Waals surface area contributed by atoms with Crippen molar-refractivity contribution in [2.24, 2.45) is 0 Å². The quantitative estimate of drug-likeness (QED) is 0.829. The van der Waals surface area contributed by atoms with Gasteiger partial charge < -0.3 is 10.2 Å². The Balaban J connectivity index is 2.45. The van der Waals surface area contributed by atoms with E-state index in [0.29, 0.717) is 18.5 Å². The highest BCUT2D eigenvalue weighted by atomic mass is 32.2. The molecule has 0 spiro atoms. The highest BCUT2D eigenvalue weighted by Crippen LogP contribution is 2.11. The summed E-state index contributed by atoms with van der Waals surface area (Å²) in [6, 6.07) is 5.52. The third-order valence-electron chi connectivity index (χ3n) is 3.09. The fourth-order valence-corrected chi connectivity index (χ4v) is 2.78. The lowest BCUT2D eigenvalue weighted by Gasteiger charge is -2.13. The minimum Gasteiger partial charge on any atom is -0.349 e. The summed E-state index contributed by atoms with van der Waals surface area (Å²) in [4.78, 5) is 24.9. The Labute approximate surface area is 132 Å². The van der Waals surface area contributed by atoms with Gasteiger partial charge in [-0.15, -0.1) is 0 Å². The number of hydrogen-bond acceptors (Lipinski definition) is 3. The maximum Gasteiger partial charge on any atom is 0.239 e. The van der Waals surface area contributed by atoms with Crippen LogP contribution >= 0.6 is 0 Å². The minimum absolute atomic E-state index is 0.0335. The van der Waals surface area contributed by atoms with Crippen molar-refractivity contribution in [3.8, 4) is 0 Å². The van der Waals surface area contributed by atoms with Crippen LogP contribution in [0.25, 0.3) is 0 Å². The first-order chi connectivity index (χ1) is 10.3. The molecule has 0 aliphatic carbocycles. The van der Waals surface area contributed by atoms with Gasteiger partial charge in [0.1, 0.15) is 11.1 Å². The standard InChI is InChI=1S/C15H21FN2O3S/c1-11(22(21)9-5-8-14(19)18(2)3)15(20)17-13-7-4-6-12(16)10-13/h4,6-7,10-11H,5,8-9H2,1-3H3,(H,17,20)/t11-,22-/m0/s1. The van der Waals surface area contributed by atoms with E-state index in [2.05, 4.69) is 5.32 Å². The Hall–Kier alpha value is -1.76. The van der Waals surface area contributed by atoms with Crippen LogP contribution in [0.5, 0.6) is 0 Å². The highest BCUT2D eigenvalue weighted by molar-refractivity contribution is 7.86. The van der Waals surface area contributed by atoms with Crippen molar-refractivity contribution in [3.05, 3.63) is 30.1 Å². The van der Waals surface area contributed by atoms with Crippen LogP contribution in [0.3, 0.4) is 0 Å². The normalized spacial score (nSPS) is 13.3. The Morgan fingerprint density at radius 1 is 1.36 bits per heavy atom. The molecule has 0 bridgehead atoms. The van der Waals surface area contributed by atoms with E-state index in [-0.39, 0.29) is 11.7 Å². The predicted molar refractivity (Wildman–Crippen MR) is 85.4 cm³/mol. The molecule has 0 saturated heterocycles. The van der Waals surface area contributed by atoms with Gasteiger partial charge in [-0.25, -0.2) is 4.39 Å². The molecule has 2 atom stereocenters. The maximum absolute atomic E-state index is 13.0. The SMILES string of the molecule is C[C@@H](C(=O)Nc1cccc(F)c1)[S@@](=O)CCCC(=O)N(C)C. The van der Waals surface area contributed by atoms with Crippen LogP contribution in [0, 0.1) is 5.82 Å². The molecule has 1 aromatic rings. The summed E-state index contributed by atoms with van der Waals surface area (Å²) in [5.74, 6) is -0.636. The molecule has 0 saturated carbocycles. The molecule has 122 valence electrons. The summed E-state index contributed by atoms with van der Waals surface area (Å²) in [6.45, 7) is 1.55. The number of carbonyl (C=O) groups excluding carboxylic acids is 2. The van der Waals surface area contributed by atoms with Crippen molar-refractivity contribution in [3.63, 3.8) is 0 Å². The Bertz CT molecular complexity index is 563. The number of anilines is 1. The second-order valence-corrected chi connectivity index (χ2v) is 7.00. The monoisotopic (exact) mass is 328 g/mol. The van der Waals surface area contributed by atoms with Crippen molar-refractivity contribution >= 4 is 28.3 Å². The molecule has 2 amide bonds. The fraction of sp³-hybridized carbons (Fsp3) is 0.467. The first-order valence-electron chi connectivity index (χ1n) is 6.95. The van der Waals surface area contributed by atoms with Crippen LogP contribution < -0.4 is 5.32 Å². The topological polar surface area (TPSA) is 66.5 Å². The molecule has 5 nitrogen and oxygen atoms in total. The summed E-state index contributed by atoms with van der Waals surface area (Å²) < 4.78 is 25.1. The van der Waals surface area contributed by atoms with Crippen molar-refractivity contribution in [1.29, 1.82) is 0 Å². The van der Waals surface area contributed by atoms with E-state index in [9.17, 15) is 18.2 Å². The van der Waals surface area contributed by atoms with E-state index in [4.69, 9.17) is 0 Å². The maximum atomic E-state index is 13.0. The molecule has 0 aromatic heterocycles. The molecule has 0 heterocycles. The Morgan fingerprint density at radius 2 is 2.05 bits per heavy atom. The average molecular weight is 328 g/mol. The van der Waals surface area contributed by atoms with Gasteiger partial charge in [0, 0.05) is 42.8 Å². The van der Waals surface area contributed by atoms with E-state index in [0.717, 1.165) is 0 Å². The summed E-state index contributed by atoms with van der Waals surface area (Å²) in [6.07, 6.45) is 0.762. The van der Waals surface area contributed by atoms with Crippen LogP contribution in [0.15, 0.2) is 24.3 Å². The molecule has 22 heavy (non-hydrogen) atoms. The predicted octanol–water partition coefficient (Wildman–Crippen LogP) is 1.77. The first-order valence-corrected chi connectivity index (χ1v) is 8.33. The van der Waals surface area contributed by atoms with Crippen LogP contribution in [0.2, 0.25) is 0 Å². The molecule has 0 unspecified atom stereocenters. The molecule has 1 aromatic carbocycles. The number of benzene rings is 1. The molecule has 1 N–H and O–H groups in total. The molecule has 1 rings (SSSR count). The smallest absolute Gasteiger partial charge is 0.239 e. The first kappa shape index (κ1) is 18.3. The number of nitrogens with zero attached hydrogens (tertiary/aromatic N) is 1. The van der Waals surface area contributed by atoms with Gasteiger partial charge in [-0.1, -0.05) is 6.07 Å². The molecule has 0 radical (unpaired) electrons. The van der Waals surface area contributed by atoms with Crippen LogP contribution in [0.1, 0.15) is 19.8 Å². The molecular formula is C15H21FN2O3S. The zero-order valence-corrected chi connectivity index (χ0v) is 13.8.